The van der Waals surface area contributed by atoms with Gasteiger partial charge < -0.3 is 15.0 Å². The Kier molecular flexibility index (Phi) is 8.45. The first kappa shape index (κ1) is 26.2. The SMILES string of the molecule is CCOc1ccccc1N(CC(=O)NCc1cccc(CN2CCCC2=O)c1)S(=O)(=O)c1ccccc1. The van der Waals surface area contributed by atoms with E-state index < -0.39 is 22.5 Å². The second-order valence-corrected chi connectivity index (χ2v) is 10.6. The number of ether oxygens (including phenoxy) is 1. The van der Waals surface area contributed by atoms with Crippen molar-refractivity contribution in [1.82, 2.24) is 10.2 Å². The highest BCUT2D eigenvalue weighted by Crippen LogP contribution is 2.32. The molecule has 194 valence electrons. The van der Waals surface area contributed by atoms with E-state index in [4.69, 9.17) is 4.74 Å². The molecule has 0 saturated carbocycles. The lowest BCUT2D eigenvalue weighted by Gasteiger charge is -2.26. The van der Waals surface area contributed by atoms with Crippen molar-refractivity contribution in [2.45, 2.75) is 37.8 Å². The highest BCUT2D eigenvalue weighted by molar-refractivity contribution is 7.92. The van der Waals surface area contributed by atoms with E-state index in [1.54, 1.807) is 42.5 Å². The fourth-order valence-corrected chi connectivity index (χ4v) is 5.73. The first-order valence-electron chi connectivity index (χ1n) is 12.3. The molecule has 2 amide bonds. The zero-order valence-electron chi connectivity index (χ0n) is 20.8. The lowest BCUT2D eigenvalue weighted by atomic mass is 10.1. The summed E-state index contributed by atoms with van der Waals surface area (Å²) in [7, 11) is -4.04. The van der Waals surface area contributed by atoms with Crippen LogP contribution in [0.5, 0.6) is 5.75 Å². The van der Waals surface area contributed by atoms with E-state index in [1.807, 2.05) is 36.1 Å². The fraction of sp³-hybridized carbons (Fsp3) is 0.286. The van der Waals surface area contributed by atoms with Gasteiger partial charge >= 0.3 is 0 Å². The summed E-state index contributed by atoms with van der Waals surface area (Å²) in [5, 5.41) is 2.84. The van der Waals surface area contributed by atoms with Gasteiger partial charge in [-0.1, -0.05) is 54.6 Å². The van der Waals surface area contributed by atoms with Gasteiger partial charge in [0, 0.05) is 26.1 Å². The fourth-order valence-electron chi connectivity index (χ4n) is 4.28. The molecule has 0 aliphatic carbocycles. The second kappa shape index (κ2) is 11.9. The normalized spacial score (nSPS) is 13.4. The monoisotopic (exact) mass is 521 g/mol. The minimum Gasteiger partial charge on any atom is -0.492 e. The van der Waals surface area contributed by atoms with E-state index >= 15 is 0 Å². The Morgan fingerprint density at radius 1 is 1.00 bits per heavy atom. The van der Waals surface area contributed by atoms with Crippen molar-refractivity contribution in [1.29, 1.82) is 0 Å². The van der Waals surface area contributed by atoms with Crippen LogP contribution in [0.25, 0.3) is 0 Å². The molecule has 4 rings (SSSR count). The summed E-state index contributed by atoms with van der Waals surface area (Å²) in [6, 6.07) is 22.5. The van der Waals surface area contributed by atoms with E-state index in [-0.39, 0.29) is 17.3 Å². The molecule has 0 bridgehead atoms. The number of benzene rings is 3. The van der Waals surface area contributed by atoms with E-state index in [1.165, 1.54) is 12.1 Å². The zero-order chi connectivity index (χ0) is 26.3. The van der Waals surface area contributed by atoms with E-state index in [0.29, 0.717) is 31.0 Å². The summed E-state index contributed by atoms with van der Waals surface area (Å²) in [5.41, 5.74) is 2.14. The Labute approximate surface area is 217 Å². The summed E-state index contributed by atoms with van der Waals surface area (Å²) in [6.45, 7) is 3.28. The number of hydrogen-bond acceptors (Lipinski definition) is 5. The van der Waals surface area contributed by atoms with Gasteiger partial charge in [0.05, 0.1) is 17.2 Å². The van der Waals surface area contributed by atoms with Gasteiger partial charge in [-0.05, 0) is 48.7 Å². The molecule has 9 heteroatoms. The average Bonchev–Trinajstić information content (AvgIpc) is 3.31. The molecule has 3 aromatic carbocycles. The van der Waals surface area contributed by atoms with Crippen LogP contribution in [0.1, 0.15) is 30.9 Å². The maximum Gasteiger partial charge on any atom is 0.264 e. The number of rotatable bonds is 11. The number of anilines is 1. The largest absolute Gasteiger partial charge is 0.492 e. The molecular formula is C28H31N3O5S. The van der Waals surface area contributed by atoms with Crippen molar-refractivity contribution < 1.29 is 22.7 Å². The second-order valence-electron chi connectivity index (χ2n) is 8.74. The van der Waals surface area contributed by atoms with Crippen LogP contribution < -0.4 is 14.4 Å². The Bertz CT molecular complexity index is 1340. The quantitative estimate of drug-likeness (QED) is 0.415. The molecule has 1 fully saturated rings. The summed E-state index contributed by atoms with van der Waals surface area (Å²) < 4.78 is 33.9. The Morgan fingerprint density at radius 3 is 2.46 bits per heavy atom. The summed E-state index contributed by atoms with van der Waals surface area (Å²) in [5.74, 6) is 0.0816. The van der Waals surface area contributed by atoms with Gasteiger partial charge in [-0.15, -0.1) is 0 Å². The van der Waals surface area contributed by atoms with Gasteiger partial charge in [0.25, 0.3) is 10.0 Å². The van der Waals surface area contributed by atoms with Crippen LogP contribution in [-0.4, -0.2) is 44.8 Å². The van der Waals surface area contributed by atoms with Gasteiger partial charge in [0.1, 0.15) is 12.3 Å². The van der Waals surface area contributed by atoms with Gasteiger partial charge in [0.15, 0.2) is 0 Å². The van der Waals surface area contributed by atoms with Crippen molar-refractivity contribution in [3.63, 3.8) is 0 Å². The number of likely N-dealkylation sites (tertiary alicyclic amines) is 1. The number of nitrogens with one attached hydrogen (secondary N) is 1. The molecule has 0 spiro atoms. The topological polar surface area (TPSA) is 96.0 Å². The predicted octanol–water partition coefficient (Wildman–Crippen LogP) is 3.72. The predicted molar refractivity (Wildman–Crippen MR) is 142 cm³/mol. The lowest BCUT2D eigenvalue weighted by molar-refractivity contribution is -0.128. The van der Waals surface area contributed by atoms with E-state index in [0.717, 1.165) is 28.4 Å². The molecule has 37 heavy (non-hydrogen) atoms. The molecule has 0 radical (unpaired) electrons. The van der Waals surface area contributed by atoms with Crippen LogP contribution in [0.4, 0.5) is 5.69 Å². The third kappa shape index (κ3) is 6.48. The van der Waals surface area contributed by atoms with Gasteiger partial charge in [-0.2, -0.15) is 0 Å². The molecule has 3 aromatic rings. The number of amides is 2. The Balaban J connectivity index is 1.51. The summed E-state index contributed by atoms with van der Waals surface area (Å²) >= 11 is 0. The maximum absolute atomic E-state index is 13.6. The van der Waals surface area contributed by atoms with Crippen LogP contribution in [0.3, 0.4) is 0 Å². The van der Waals surface area contributed by atoms with Crippen LogP contribution in [-0.2, 0) is 32.7 Å². The van der Waals surface area contributed by atoms with Crippen LogP contribution in [0, 0.1) is 0 Å². The number of para-hydroxylation sites is 2. The molecule has 0 aromatic heterocycles. The highest BCUT2D eigenvalue weighted by Gasteiger charge is 2.29. The molecule has 0 unspecified atom stereocenters. The van der Waals surface area contributed by atoms with Gasteiger partial charge in [-0.3, -0.25) is 13.9 Å². The first-order chi connectivity index (χ1) is 17.9. The van der Waals surface area contributed by atoms with E-state index in [2.05, 4.69) is 5.32 Å². The van der Waals surface area contributed by atoms with Crippen LogP contribution in [0.2, 0.25) is 0 Å². The Hall–Kier alpha value is -3.85. The molecule has 8 nitrogen and oxygen atoms in total. The van der Waals surface area contributed by atoms with Gasteiger partial charge in [-0.25, -0.2) is 8.42 Å². The minimum absolute atomic E-state index is 0.0817. The van der Waals surface area contributed by atoms with Crippen molar-refractivity contribution in [2.24, 2.45) is 0 Å². The zero-order valence-corrected chi connectivity index (χ0v) is 21.6. The third-order valence-electron chi connectivity index (χ3n) is 6.08. The van der Waals surface area contributed by atoms with Gasteiger partial charge in [0.2, 0.25) is 11.8 Å². The summed E-state index contributed by atoms with van der Waals surface area (Å²) in [4.78, 5) is 26.9. The van der Waals surface area contributed by atoms with Crippen molar-refractivity contribution in [3.8, 4) is 5.75 Å². The third-order valence-corrected chi connectivity index (χ3v) is 7.85. The molecular weight excluding hydrogens is 490 g/mol. The first-order valence-corrected chi connectivity index (χ1v) is 13.7. The number of carbonyl (C=O) groups is 2. The smallest absolute Gasteiger partial charge is 0.264 e. The molecule has 1 heterocycles. The van der Waals surface area contributed by atoms with Crippen LogP contribution in [0.15, 0.2) is 83.8 Å². The van der Waals surface area contributed by atoms with Crippen molar-refractivity contribution in [2.75, 3.05) is 24.0 Å². The summed E-state index contributed by atoms with van der Waals surface area (Å²) in [6.07, 6.45) is 1.47. The number of carbonyl (C=O) groups excluding carboxylic acids is 2. The maximum atomic E-state index is 13.6. The molecule has 1 N–H and O–H groups in total. The van der Waals surface area contributed by atoms with E-state index in [9.17, 15) is 18.0 Å². The standard InChI is InChI=1S/C28H31N3O5S/c1-2-36-26-15-7-6-14-25(26)31(37(34,35)24-12-4-3-5-13-24)21-27(32)29-19-22-10-8-11-23(18-22)20-30-17-9-16-28(30)33/h3-8,10-15,18H,2,9,16-17,19-21H2,1H3,(H,29,32). The lowest BCUT2D eigenvalue weighted by Crippen LogP contribution is -2.40. The highest BCUT2D eigenvalue weighted by atomic mass is 32.2. The molecule has 1 aliphatic rings. The number of hydrogen-bond donors (Lipinski definition) is 1. The van der Waals surface area contributed by atoms with Crippen molar-refractivity contribution in [3.05, 3.63) is 90.0 Å². The average molecular weight is 522 g/mol. The number of sulfonamides is 1. The Morgan fingerprint density at radius 2 is 1.73 bits per heavy atom. The molecule has 1 aliphatic heterocycles. The molecule has 1 saturated heterocycles. The van der Waals surface area contributed by atoms with Crippen molar-refractivity contribution >= 4 is 27.5 Å². The number of nitrogens with zero attached hydrogens (tertiary/aromatic N) is 2. The minimum atomic E-state index is -4.04. The molecule has 0 atom stereocenters. The van der Waals surface area contributed by atoms with Crippen LogP contribution >= 0.6 is 0 Å².